The van der Waals surface area contributed by atoms with E-state index < -0.39 is 0 Å². The Bertz CT molecular complexity index is 532. The molecule has 1 aromatic carbocycles. The van der Waals surface area contributed by atoms with Crippen LogP contribution in [0.4, 0.5) is 0 Å². The maximum atomic E-state index is 11.5. The normalized spacial score (nSPS) is 16.6. The summed E-state index contributed by atoms with van der Waals surface area (Å²) in [6.45, 7) is 3.33. The van der Waals surface area contributed by atoms with E-state index in [9.17, 15) is 4.79 Å². The molecule has 21 heavy (non-hydrogen) atoms. The smallest absolute Gasteiger partial charge is 0.223 e. The van der Waals surface area contributed by atoms with Crippen molar-refractivity contribution in [3.63, 3.8) is 0 Å². The highest BCUT2D eigenvalue weighted by Gasteiger charge is 2.28. The fourth-order valence-electron chi connectivity index (χ4n) is 2.26. The van der Waals surface area contributed by atoms with Crippen LogP contribution in [0.3, 0.4) is 0 Å². The molecule has 1 aromatic rings. The summed E-state index contributed by atoms with van der Waals surface area (Å²) in [5.74, 6) is 2.04. The zero-order valence-corrected chi connectivity index (χ0v) is 13.4. The second-order valence-electron chi connectivity index (χ2n) is 5.34. The molecule has 114 valence electrons. The molecule has 2 aliphatic rings. The van der Waals surface area contributed by atoms with Crippen LogP contribution in [0.2, 0.25) is 0 Å². The number of ether oxygens (including phenoxy) is 2. The first-order valence-electron chi connectivity index (χ1n) is 7.30. The van der Waals surface area contributed by atoms with E-state index in [1.54, 1.807) is 0 Å². The molecule has 1 amide bonds. The highest BCUT2D eigenvalue weighted by Crippen LogP contribution is 2.38. The molecule has 1 heterocycles. The average Bonchev–Trinajstić information content (AvgIpc) is 3.31. The minimum absolute atomic E-state index is 0.193. The zero-order chi connectivity index (χ0) is 14.7. The first kappa shape index (κ1) is 14.7. The molecular formula is C15H19BrN2O3. The van der Waals surface area contributed by atoms with Crippen molar-refractivity contribution in [3.05, 3.63) is 22.2 Å². The van der Waals surface area contributed by atoms with Gasteiger partial charge in [-0.25, -0.2) is 0 Å². The Morgan fingerprint density at radius 3 is 2.86 bits per heavy atom. The lowest BCUT2D eigenvalue weighted by atomic mass is 10.2. The minimum Gasteiger partial charge on any atom is -0.486 e. The lowest BCUT2D eigenvalue weighted by Crippen LogP contribution is -2.32. The molecule has 0 saturated heterocycles. The molecule has 1 aliphatic carbocycles. The fraction of sp³-hybridized carbons (Fsp3) is 0.533. The molecule has 6 heteroatoms. The number of carbonyl (C=O) groups excluding carboxylic acids is 1. The molecule has 3 rings (SSSR count). The molecule has 0 bridgehead atoms. The van der Waals surface area contributed by atoms with E-state index in [2.05, 4.69) is 26.6 Å². The van der Waals surface area contributed by atoms with E-state index in [0.29, 0.717) is 19.8 Å². The zero-order valence-electron chi connectivity index (χ0n) is 11.8. The van der Waals surface area contributed by atoms with Gasteiger partial charge >= 0.3 is 0 Å². The van der Waals surface area contributed by atoms with Crippen molar-refractivity contribution in [2.24, 2.45) is 5.92 Å². The predicted molar refractivity (Wildman–Crippen MR) is 82.6 cm³/mol. The molecule has 0 unspecified atom stereocenters. The Morgan fingerprint density at radius 1 is 1.24 bits per heavy atom. The second kappa shape index (κ2) is 6.66. The Morgan fingerprint density at radius 2 is 2.05 bits per heavy atom. The van der Waals surface area contributed by atoms with Crippen LogP contribution in [0, 0.1) is 5.92 Å². The summed E-state index contributed by atoms with van der Waals surface area (Å²) in [6, 6.07) is 4.03. The van der Waals surface area contributed by atoms with Crippen LogP contribution in [-0.4, -0.2) is 32.2 Å². The Balaban J connectivity index is 1.44. The van der Waals surface area contributed by atoms with Crippen molar-refractivity contribution in [3.8, 4) is 11.5 Å². The van der Waals surface area contributed by atoms with Gasteiger partial charge in [-0.2, -0.15) is 0 Å². The van der Waals surface area contributed by atoms with Gasteiger partial charge in [-0.1, -0.05) is 0 Å². The third-order valence-electron chi connectivity index (χ3n) is 3.53. The molecule has 0 atom stereocenters. The summed E-state index contributed by atoms with van der Waals surface area (Å²) in [4.78, 5) is 11.5. The molecule has 0 aromatic heterocycles. The van der Waals surface area contributed by atoms with E-state index in [0.717, 1.165) is 47.5 Å². The lowest BCUT2D eigenvalue weighted by molar-refractivity contribution is -0.122. The molecule has 0 spiro atoms. The Hall–Kier alpha value is -1.27. The number of hydrogen-bond donors (Lipinski definition) is 2. The maximum absolute atomic E-state index is 11.5. The quantitative estimate of drug-likeness (QED) is 0.765. The number of amides is 1. The van der Waals surface area contributed by atoms with Crippen LogP contribution in [0.5, 0.6) is 11.5 Å². The van der Waals surface area contributed by atoms with Gasteiger partial charge in [-0.3, -0.25) is 4.79 Å². The molecular weight excluding hydrogens is 336 g/mol. The van der Waals surface area contributed by atoms with Gasteiger partial charge in [-0.05, 0) is 46.5 Å². The summed E-state index contributed by atoms with van der Waals surface area (Å²) >= 11 is 3.51. The summed E-state index contributed by atoms with van der Waals surface area (Å²) < 4.78 is 12.1. The van der Waals surface area contributed by atoms with Gasteiger partial charge in [0.15, 0.2) is 11.5 Å². The fourth-order valence-corrected chi connectivity index (χ4v) is 2.87. The topological polar surface area (TPSA) is 59.6 Å². The molecule has 1 fully saturated rings. The molecule has 1 aliphatic heterocycles. The average molecular weight is 355 g/mol. The van der Waals surface area contributed by atoms with E-state index >= 15 is 0 Å². The van der Waals surface area contributed by atoms with Crippen LogP contribution in [0.15, 0.2) is 16.6 Å². The number of rotatable bonds is 6. The summed E-state index contributed by atoms with van der Waals surface area (Å²) in [5.41, 5.74) is 1.12. The number of halogens is 1. The SMILES string of the molecule is O=C(NCCNCc1cc(Br)c2c(c1)OCCO2)C1CC1. The third-order valence-corrected chi connectivity index (χ3v) is 4.12. The first-order chi connectivity index (χ1) is 10.2. The van der Waals surface area contributed by atoms with Gasteiger partial charge in [0, 0.05) is 25.6 Å². The standard InChI is InChI=1S/C15H19BrN2O3/c16-12-7-10(8-13-14(12)21-6-5-20-13)9-17-3-4-18-15(19)11-1-2-11/h7-8,11,17H,1-6,9H2,(H,18,19). The van der Waals surface area contributed by atoms with Gasteiger partial charge in [0.05, 0.1) is 4.47 Å². The largest absolute Gasteiger partial charge is 0.486 e. The number of carbonyl (C=O) groups is 1. The maximum Gasteiger partial charge on any atom is 0.223 e. The summed E-state index contributed by atoms with van der Waals surface area (Å²) in [7, 11) is 0. The second-order valence-corrected chi connectivity index (χ2v) is 6.20. The predicted octanol–water partition coefficient (Wildman–Crippen LogP) is 1.84. The van der Waals surface area contributed by atoms with Crippen LogP contribution in [0.1, 0.15) is 18.4 Å². The minimum atomic E-state index is 0.193. The monoisotopic (exact) mass is 354 g/mol. The van der Waals surface area contributed by atoms with Crippen molar-refractivity contribution in [1.29, 1.82) is 0 Å². The van der Waals surface area contributed by atoms with Crippen molar-refractivity contribution in [2.75, 3.05) is 26.3 Å². The van der Waals surface area contributed by atoms with E-state index in [1.807, 2.05) is 12.1 Å². The third kappa shape index (κ3) is 3.89. The van der Waals surface area contributed by atoms with Crippen molar-refractivity contribution < 1.29 is 14.3 Å². The van der Waals surface area contributed by atoms with Gasteiger partial charge in [0.2, 0.25) is 5.91 Å². The molecule has 2 N–H and O–H groups in total. The van der Waals surface area contributed by atoms with Gasteiger partial charge in [-0.15, -0.1) is 0 Å². The number of nitrogens with one attached hydrogen (secondary N) is 2. The molecule has 1 saturated carbocycles. The van der Waals surface area contributed by atoms with Crippen LogP contribution in [-0.2, 0) is 11.3 Å². The highest BCUT2D eigenvalue weighted by molar-refractivity contribution is 9.10. The first-order valence-corrected chi connectivity index (χ1v) is 8.10. The van der Waals surface area contributed by atoms with E-state index in [4.69, 9.17) is 9.47 Å². The lowest BCUT2D eigenvalue weighted by Gasteiger charge is -2.20. The highest BCUT2D eigenvalue weighted by atomic mass is 79.9. The summed E-state index contributed by atoms with van der Waals surface area (Å²) in [5, 5.41) is 6.26. The van der Waals surface area contributed by atoms with E-state index in [1.165, 1.54) is 0 Å². The Labute approximate surface area is 132 Å². The van der Waals surface area contributed by atoms with Crippen LogP contribution >= 0.6 is 15.9 Å². The summed E-state index contributed by atoms with van der Waals surface area (Å²) in [6.07, 6.45) is 2.09. The van der Waals surface area contributed by atoms with Crippen molar-refractivity contribution in [2.45, 2.75) is 19.4 Å². The molecule has 0 radical (unpaired) electrons. The van der Waals surface area contributed by atoms with E-state index in [-0.39, 0.29) is 11.8 Å². The van der Waals surface area contributed by atoms with Gasteiger partial charge in [0.1, 0.15) is 13.2 Å². The van der Waals surface area contributed by atoms with Crippen molar-refractivity contribution >= 4 is 21.8 Å². The number of fused-ring (bicyclic) bond motifs is 1. The number of hydrogen-bond acceptors (Lipinski definition) is 4. The van der Waals surface area contributed by atoms with Gasteiger partial charge in [0.25, 0.3) is 0 Å². The number of benzene rings is 1. The Kier molecular flexibility index (Phi) is 4.65. The van der Waals surface area contributed by atoms with Crippen molar-refractivity contribution in [1.82, 2.24) is 10.6 Å². The van der Waals surface area contributed by atoms with Crippen LogP contribution < -0.4 is 20.1 Å². The van der Waals surface area contributed by atoms with Gasteiger partial charge < -0.3 is 20.1 Å². The molecule has 5 nitrogen and oxygen atoms in total. The van der Waals surface area contributed by atoms with Crippen LogP contribution in [0.25, 0.3) is 0 Å².